The van der Waals surface area contributed by atoms with Crippen molar-refractivity contribution in [2.24, 2.45) is 0 Å². The molecule has 5 heteroatoms. The first-order chi connectivity index (χ1) is 8.19. The van der Waals surface area contributed by atoms with E-state index >= 15 is 0 Å². The molecule has 0 fully saturated rings. The van der Waals surface area contributed by atoms with Crippen LogP contribution in [0.5, 0.6) is 0 Å². The van der Waals surface area contributed by atoms with Gasteiger partial charge in [-0.2, -0.15) is 0 Å². The van der Waals surface area contributed by atoms with Crippen molar-refractivity contribution in [3.05, 3.63) is 23.2 Å². The number of fused-ring (bicyclic) bond motifs is 1. The molecule has 3 nitrogen and oxygen atoms in total. The van der Waals surface area contributed by atoms with Crippen LogP contribution in [0.15, 0.2) is 18.2 Å². The maximum atomic E-state index is 5.94. The summed E-state index contributed by atoms with van der Waals surface area (Å²) in [6.07, 6.45) is 0. The van der Waals surface area contributed by atoms with Crippen molar-refractivity contribution in [3.8, 4) is 0 Å². The van der Waals surface area contributed by atoms with Gasteiger partial charge in [0.05, 0.1) is 16.8 Å². The molecule has 1 aromatic carbocycles. The Balaban J connectivity index is 2.08. The molecule has 1 aromatic heterocycles. The number of nitrogens with one attached hydrogen (secondary N) is 1. The molecule has 1 atom stereocenters. The second-order valence-electron chi connectivity index (χ2n) is 3.84. The first-order valence-corrected chi connectivity index (χ1v) is 6.79. The van der Waals surface area contributed by atoms with Gasteiger partial charge in [0, 0.05) is 17.7 Å². The summed E-state index contributed by atoms with van der Waals surface area (Å²) < 4.78 is 6.45. The fourth-order valence-electron chi connectivity index (χ4n) is 1.51. The van der Waals surface area contributed by atoms with Crippen LogP contribution in [0.4, 0.5) is 5.13 Å². The van der Waals surface area contributed by atoms with Crippen molar-refractivity contribution in [1.82, 2.24) is 4.98 Å². The van der Waals surface area contributed by atoms with Gasteiger partial charge >= 0.3 is 0 Å². The number of hydrogen-bond acceptors (Lipinski definition) is 4. The van der Waals surface area contributed by atoms with E-state index in [1.165, 1.54) is 0 Å². The maximum Gasteiger partial charge on any atom is 0.184 e. The van der Waals surface area contributed by atoms with Gasteiger partial charge in [-0.25, -0.2) is 4.98 Å². The van der Waals surface area contributed by atoms with E-state index in [0.717, 1.165) is 27.0 Å². The zero-order valence-corrected chi connectivity index (χ0v) is 11.4. The van der Waals surface area contributed by atoms with Gasteiger partial charge in [0.1, 0.15) is 0 Å². The van der Waals surface area contributed by atoms with E-state index in [1.54, 1.807) is 11.3 Å². The number of hydrogen-bond donors (Lipinski definition) is 1. The van der Waals surface area contributed by atoms with E-state index in [2.05, 4.69) is 17.2 Å². The number of ether oxygens (including phenoxy) is 1. The van der Waals surface area contributed by atoms with Gasteiger partial charge in [-0.05, 0) is 32.0 Å². The lowest BCUT2D eigenvalue weighted by Gasteiger charge is -2.11. The lowest BCUT2D eigenvalue weighted by molar-refractivity contribution is 0.141. The Labute approximate surface area is 110 Å². The quantitative estimate of drug-likeness (QED) is 0.898. The molecule has 0 spiro atoms. The summed E-state index contributed by atoms with van der Waals surface area (Å²) >= 11 is 7.55. The highest BCUT2D eigenvalue weighted by atomic mass is 35.5. The van der Waals surface area contributed by atoms with Crippen LogP contribution in [0, 0.1) is 0 Å². The Kier molecular flexibility index (Phi) is 4.20. The van der Waals surface area contributed by atoms with Crippen LogP contribution in [-0.4, -0.2) is 24.2 Å². The number of anilines is 1. The number of benzene rings is 1. The molecule has 0 aliphatic carbocycles. The molecule has 1 N–H and O–H groups in total. The Hall–Kier alpha value is -0.840. The van der Waals surface area contributed by atoms with E-state index in [9.17, 15) is 0 Å². The molecule has 0 bridgehead atoms. The molecule has 0 saturated carbocycles. The third kappa shape index (κ3) is 3.31. The van der Waals surface area contributed by atoms with Crippen LogP contribution in [0.1, 0.15) is 13.8 Å². The van der Waals surface area contributed by atoms with Crippen molar-refractivity contribution in [2.75, 3.05) is 18.5 Å². The average molecular weight is 271 g/mol. The van der Waals surface area contributed by atoms with Gasteiger partial charge in [-0.1, -0.05) is 22.9 Å². The average Bonchev–Trinajstić information content (AvgIpc) is 2.67. The normalized spacial score (nSPS) is 12.9. The predicted molar refractivity (Wildman–Crippen MR) is 74.2 cm³/mol. The van der Waals surface area contributed by atoms with Gasteiger partial charge in [0.15, 0.2) is 5.13 Å². The standard InChI is InChI=1S/C12H15ClN2OS/c1-3-16-7-8(2)14-12-15-10-5-4-9(13)6-11(10)17-12/h4-6,8H,3,7H2,1-2H3,(H,14,15). The molecule has 0 aliphatic heterocycles. The molecule has 0 aliphatic rings. The molecule has 0 radical (unpaired) electrons. The summed E-state index contributed by atoms with van der Waals surface area (Å²) in [5.41, 5.74) is 0.977. The molecular formula is C12H15ClN2OS. The molecule has 92 valence electrons. The lowest BCUT2D eigenvalue weighted by atomic mass is 10.3. The summed E-state index contributed by atoms with van der Waals surface area (Å²) in [4.78, 5) is 4.50. The molecule has 0 amide bonds. The zero-order valence-electron chi connectivity index (χ0n) is 9.87. The van der Waals surface area contributed by atoms with Crippen LogP contribution in [0.2, 0.25) is 5.02 Å². The molecule has 17 heavy (non-hydrogen) atoms. The molecule has 2 rings (SSSR count). The largest absolute Gasteiger partial charge is 0.380 e. The van der Waals surface area contributed by atoms with Crippen molar-refractivity contribution in [2.45, 2.75) is 19.9 Å². The number of thiazole rings is 1. The predicted octanol–water partition coefficient (Wildman–Crippen LogP) is 3.79. The molecule has 1 heterocycles. The van der Waals surface area contributed by atoms with Crippen LogP contribution in [-0.2, 0) is 4.74 Å². The minimum atomic E-state index is 0.256. The number of nitrogens with zero attached hydrogens (tertiary/aromatic N) is 1. The van der Waals surface area contributed by atoms with E-state index in [4.69, 9.17) is 16.3 Å². The summed E-state index contributed by atoms with van der Waals surface area (Å²) in [7, 11) is 0. The van der Waals surface area contributed by atoms with E-state index in [-0.39, 0.29) is 6.04 Å². The Morgan fingerprint density at radius 3 is 3.12 bits per heavy atom. The monoisotopic (exact) mass is 270 g/mol. The fraction of sp³-hybridized carbons (Fsp3) is 0.417. The van der Waals surface area contributed by atoms with Gasteiger partial charge < -0.3 is 10.1 Å². The second kappa shape index (κ2) is 5.67. The summed E-state index contributed by atoms with van der Waals surface area (Å²) in [6.45, 7) is 5.50. The van der Waals surface area contributed by atoms with Crippen LogP contribution in [0.3, 0.4) is 0 Å². The first-order valence-electron chi connectivity index (χ1n) is 5.59. The highest BCUT2D eigenvalue weighted by Gasteiger charge is 2.07. The van der Waals surface area contributed by atoms with Crippen LogP contribution in [0.25, 0.3) is 10.2 Å². The van der Waals surface area contributed by atoms with E-state index in [1.807, 2.05) is 25.1 Å². The topological polar surface area (TPSA) is 34.1 Å². The molecular weight excluding hydrogens is 256 g/mol. The van der Waals surface area contributed by atoms with Crippen molar-refractivity contribution < 1.29 is 4.74 Å². The second-order valence-corrected chi connectivity index (χ2v) is 5.30. The van der Waals surface area contributed by atoms with Crippen molar-refractivity contribution in [3.63, 3.8) is 0 Å². The molecule has 1 unspecified atom stereocenters. The third-order valence-corrected chi connectivity index (χ3v) is 3.48. The summed E-state index contributed by atoms with van der Waals surface area (Å²) in [6, 6.07) is 5.99. The van der Waals surface area contributed by atoms with Crippen molar-refractivity contribution >= 4 is 38.3 Å². The molecule has 2 aromatic rings. The molecule has 0 saturated heterocycles. The number of aromatic nitrogens is 1. The minimum Gasteiger partial charge on any atom is -0.380 e. The van der Waals surface area contributed by atoms with Gasteiger partial charge in [-0.15, -0.1) is 0 Å². The minimum absolute atomic E-state index is 0.256. The summed E-state index contributed by atoms with van der Waals surface area (Å²) in [5, 5.41) is 4.98. The van der Waals surface area contributed by atoms with E-state index < -0.39 is 0 Å². The number of rotatable bonds is 5. The van der Waals surface area contributed by atoms with Gasteiger partial charge in [-0.3, -0.25) is 0 Å². The number of halogens is 1. The Morgan fingerprint density at radius 2 is 2.35 bits per heavy atom. The van der Waals surface area contributed by atoms with Crippen LogP contribution >= 0.6 is 22.9 Å². The Morgan fingerprint density at radius 1 is 1.53 bits per heavy atom. The summed E-state index contributed by atoms with van der Waals surface area (Å²) in [5.74, 6) is 0. The highest BCUT2D eigenvalue weighted by molar-refractivity contribution is 7.22. The van der Waals surface area contributed by atoms with E-state index in [0.29, 0.717) is 6.61 Å². The SMILES string of the molecule is CCOCC(C)Nc1nc2ccc(Cl)cc2s1. The fourth-order valence-corrected chi connectivity index (χ4v) is 2.76. The maximum absolute atomic E-state index is 5.94. The first kappa shape index (κ1) is 12.6. The smallest absolute Gasteiger partial charge is 0.184 e. The van der Waals surface area contributed by atoms with Crippen LogP contribution < -0.4 is 5.32 Å². The third-order valence-electron chi connectivity index (χ3n) is 2.29. The van der Waals surface area contributed by atoms with Crippen molar-refractivity contribution in [1.29, 1.82) is 0 Å². The lowest BCUT2D eigenvalue weighted by Crippen LogP contribution is -2.21. The zero-order chi connectivity index (χ0) is 12.3. The van der Waals surface area contributed by atoms with Gasteiger partial charge in [0.25, 0.3) is 0 Å². The van der Waals surface area contributed by atoms with Gasteiger partial charge in [0.2, 0.25) is 0 Å². The highest BCUT2D eigenvalue weighted by Crippen LogP contribution is 2.28. The Bertz CT molecular complexity index is 500.